The van der Waals surface area contributed by atoms with Crippen molar-refractivity contribution in [3.63, 3.8) is 0 Å². The molecule has 146 valence electrons. The van der Waals surface area contributed by atoms with Gasteiger partial charge in [0.1, 0.15) is 10.8 Å². The summed E-state index contributed by atoms with van der Waals surface area (Å²) in [6.07, 6.45) is -0.517. The van der Waals surface area contributed by atoms with Gasteiger partial charge in [0.15, 0.2) is 6.10 Å². The Bertz CT molecular complexity index is 919. The van der Waals surface area contributed by atoms with Crippen LogP contribution in [0.2, 0.25) is 5.02 Å². The van der Waals surface area contributed by atoms with E-state index in [1.807, 2.05) is 23.1 Å². The molecule has 0 aliphatic carbocycles. The van der Waals surface area contributed by atoms with E-state index in [-0.39, 0.29) is 5.91 Å². The van der Waals surface area contributed by atoms with Crippen LogP contribution in [0.4, 0.5) is 0 Å². The zero-order valence-electron chi connectivity index (χ0n) is 15.7. The van der Waals surface area contributed by atoms with E-state index < -0.39 is 6.10 Å². The maximum Gasteiger partial charge on any atom is 0.263 e. The topological polar surface area (TPSA) is 45.7 Å². The van der Waals surface area contributed by atoms with Crippen molar-refractivity contribution >= 4 is 39.1 Å². The molecule has 1 amide bonds. The van der Waals surface area contributed by atoms with Crippen molar-refractivity contribution in [2.24, 2.45) is 0 Å². The maximum atomic E-state index is 12.7. The smallest absolute Gasteiger partial charge is 0.263 e. The Hall–Kier alpha value is -2.15. The zero-order chi connectivity index (χ0) is 19.5. The number of thiazole rings is 1. The summed E-state index contributed by atoms with van der Waals surface area (Å²) in [6.45, 7) is 5.73. The van der Waals surface area contributed by atoms with Crippen molar-refractivity contribution in [2.45, 2.75) is 19.6 Å². The number of carbonyl (C=O) groups is 1. The highest BCUT2D eigenvalue weighted by Gasteiger charge is 2.26. The van der Waals surface area contributed by atoms with Crippen molar-refractivity contribution in [3.8, 4) is 5.75 Å². The number of para-hydroxylation sites is 1. The third kappa shape index (κ3) is 4.46. The molecule has 28 heavy (non-hydrogen) atoms. The number of benzene rings is 2. The van der Waals surface area contributed by atoms with Gasteiger partial charge in [-0.15, -0.1) is 11.3 Å². The summed E-state index contributed by atoms with van der Waals surface area (Å²) >= 11 is 7.63. The molecule has 1 saturated heterocycles. The van der Waals surface area contributed by atoms with Crippen LogP contribution in [0.3, 0.4) is 0 Å². The minimum atomic E-state index is -0.517. The molecule has 0 bridgehead atoms. The minimum absolute atomic E-state index is 0.0228. The van der Waals surface area contributed by atoms with Crippen molar-refractivity contribution in [2.75, 3.05) is 26.2 Å². The molecule has 1 aliphatic rings. The molecule has 0 N–H and O–H groups in total. The molecule has 0 radical (unpaired) electrons. The first-order chi connectivity index (χ1) is 13.6. The second-order valence-corrected chi connectivity index (χ2v) is 8.44. The third-order valence-corrected chi connectivity index (χ3v) is 6.13. The van der Waals surface area contributed by atoms with Gasteiger partial charge in [0.05, 0.1) is 16.8 Å². The number of halogens is 1. The molecule has 7 heteroatoms. The van der Waals surface area contributed by atoms with Gasteiger partial charge in [-0.05, 0) is 43.3 Å². The fourth-order valence-corrected chi connectivity index (χ4v) is 4.47. The zero-order valence-corrected chi connectivity index (χ0v) is 17.2. The average Bonchev–Trinajstić information content (AvgIpc) is 3.12. The number of hydrogen-bond donors (Lipinski definition) is 0. The van der Waals surface area contributed by atoms with E-state index in [0.717, 1.165) is 30.2 Å². The second-order valence-electron chi connectivity index (χ2n) is 6.89. The van der Waals surface area contributed by atoms with E-state index in [1.165, 1.54) is 4.70 Å². The van der Waals surface area contributed by atoms with Crippen molar-refractivity contribution in [3.05, 3.63) is 58.6 Å². The number of hydrogen-bond acceptors (Lipinski definition) is 5. The van der Waals surface area contributed by atoms with Gasteiger partial charge in [-0.25, -0.2) is 4.98 Å². The van der Waals surface area contributed by atoms with Gasteiger partial charge >= 0.3 is 0 Å². The molecule has 2 heterocycles. The quantitative estimate of drug-likeness (QED) is 0.630. The van der Waals surface area contributed by atoms with Crippen LogP contribution in [0.1, 0.15) is 11.9 Å². The molecule has 3 aromatic rings. The number of aromatic nitrogens is 1. The number of amides is 1. The number of nitrogens with zero attached hydrogens (tertiary/aromatic N) is 3. The number of carbonyl (C=O) groups excluding carboxylic acids is 1. The molecular weight excluding hydrogens is 394 g/mol. The molecule has 0 saturated carbocycles. The van der Waals surface area contributed by atoms with Gasteiger partial charge in [-0.2, -0.15) is 0 Å². The lowest BCUT2D eigenvalue weighted by atomic mass is 10.2. The molecule has 1 aliphatic heterocycles. The van der Waals surface area contributed by atoms with Crippen LogP contribution in [0.15, 0.2) is 48.5 Å². The summed E-state index contributed by atoms with van der Waals surface area (Å²) in [7, 11) is 0. The highest BCUT2D eigenvalue weighted by molar-refractivity contribution is 7.18. The number of piperazine rings is 1. The lowest BCUT2D eigenvalue weighted by Crippen LogP contribution is -2.51. The SMILES string of the molecule is C[C@@H](Oc1ccc(Cl)cc1)C(=O)N1CCN(Cc2nc3ccccc3s2)CC1. The van der Waals surface area contributed by atoms with Crippen LogP contribution in [0.5, 0.6) is 5.75 Å². The lowest BCUT2D eigenvalue weighted by molar-refractivity contribution is -0.139. The van der Waals surface area contributed by atoms with Gasteiger partial charge in [0, 0.05) is 31.2 Å². The first-order valence-electron chi connectivity index (χ1n) is 9.36. The molecule has 1 aromatic heterocycles. The van der Waals surface area contributed by atoms with Crippen molar-refractivity contribution in [1.82, 2.24) is 14.8 Å². The highest BCUT2D eigenvalue weighted by atomic mass is 35.5. The first-order valence-corrected chi connectivity index (χ1v) is 10.6. The predicted octanol–water partition coefficient (Wildman–Crippen LogP) is 4.06. The third-order valence-electron chi connectivity index (χ3n) is 4.86. The number of fused-ring (bicyclic) bond motifs is 1. The fourth-order valence-electron chi connectivity index (χ4n) is 3.33. The number of ether oxygens (including phenoxy) is 1. The normalized spacial score (nSPS) is 16.3. The molecule has 2 aromatic carbocycles. The fraction of sp³-hybridized carbons (Fsp3) is 0.333. The molecule has 1 atom stereocenters. The predicted molar refractivity (Wildman–Crippen MR) is 113 cm³/mol. The molecule has 5 nitrogen and oxygen atoms in total. The van der Waals surface area contributed by atoms with Gasteiger partial charge in [0.2, 0.25) is 0 Å². The molecule has 4 rings (SSSR count). The monoisotopic (exact) mass is 415 g/mol. The van der Waals surface area contributed by atoms with E-state index in [4.69, 9.17) is 21.3 Å². The van der Waals surface area contributed by atoms with Crippen LogP contribution >= 0.6 is 22.9 Å². The van der Waals surface area contributed by atoms with Gasteiger partial charge < -0.3 is 9.64 Å². The molecule has 0 unspecified atom stereocenters. The minimum Gasteiger partial charge on any atom is -0.481 e. The van der Waals surface area contributed by atoms with E-state index in [0.29, 0.717) is 23.9 Å². The van der Waals surface area contributed by atoms with E-state index >= 15 is 0 Å². The van der Waals surface area contributed by atoms with E-state index in [2.05, 4.69) is 11.0 Å². The summed E-state index contributed by atoms with van der Waals surface area (Å²) in [4.78, 5) is 21.6. The average molecular weight is 416 g/mol. The van der Waals surface area contributed by atoms with Gasteiger partial charge in [0.25, 0.3) is 5.91 Å². The summed E-state index contributed by atoms with van der Waals surface area (Å²) in [5, 5.41) is 1.77. The summed E-state index contributed by atoms with van der Waals surface area (Å²) in [6, 6.07) is 15.3. The van der Waals surface area contributed by atoms with Crippen LogP contribution in [0.25, 0.3) is 10.2 Å². The van der Waals surface area contributed by atoms with Crippen LogP contribution < -0.4 is 4.74 Å². The Morgan fingerprint density at radius 1 is 1.14 bits per heavy atom. The van der Waals surface area contributed by atoms with Crippen molar-refractivity contribution in [1.29, 1.82) is 0 Å². The highest BCUT2D eigenvalue weighted by Crippen LogP contribution is 2.23. The molecule has 1 fully saturated rings. The Morgan fingerprint density at radius 2 is 1.86 bits per heavy atom. The summed E-state index contributed by atoms with van der Waals surface area (Å²) < 4.78 is 6.99. The summed E-state index contributed by atoms with van der Waals surface area (Å²) in [5.74, 6) is 0.675. The van der Waals surface area contributed by atoms with Crippen LogP contribution in [-0.2, 0) is 11.3 Å². The molecular formula is C21H22ClN3O2S. The first kappa shape index (κ1) is 19.2. The maximum absolute atomic E-state index is 12.7. The van der Waals surface area contributed by atoms with Crippen LogP contribution in [0, 0.1) is 0 Å². The lowest BCUT2D eigenvalue weighted by Gasteiger charge is -2.35. The van der Waals surface area contributed by atoms with Gasteiger partial charge in [-0.3, -0.25) is 9.69 Å². The standard InChI is InChI=1S/C21H22ClN3O2S/c1-15(27-17-8-6-16(22)7-9-17)21(26)25-12-10-24(11-13-25)14-20-23-18-4-2-3-5-19(18)28-20/h2-9,15H,10-14H2,1H3/t15-/m1/s1. The second kappa shape index (κ2) is 8.47. The Labute approximate surface area is 173 Å². The Kier molecular flexibility index (Phi) is 5.80. The molecule has 0 spiro atoms. The van der Waals surface area contributed by atoms with E-state index in [9.17, 15) is 4.79 Å². The van der Waals surface area contributed by atoms with Gasteiger partial charge in [-0.1, -0.05) is 23.7 Å². The van der Waals surface area contributed by atoms with Crippen LogP contribution in [-0.4, -0.2) is 53.0 Å². The number of rotatable bonds is 5. The van der Waals surface area contributed by atoms with E-state index in [1.54, 1.807) is 42.5 Å². The summed E-state index contributed by atoms with van der Waals surface area (Å²) in [5.41, 5.74) is 1.06. The van der Waals surface area contributed by atoms with Crippen molar-refractivity contribution < 1.29 is 9.53 Å². The Morgan fingerprint density at radius 3 is 2.57 bits per heavy atom. The Balaban J connectivity index is 1.29. The largest absolute Gasteiger partial charge is 0.481 e.